The van der Waals surface area contributed by atoms with Crippen molar-refractivity contribution in [2.75, 3.05) is 6.54 Å². The predicted molar refractivity (Wildman–Crippen MR) is 100 cm³/mol. The summed E-state index contributed by atoms with van der Waals surface area (Å²) < 4.78 is 6.44. The van der Waals surface area contributed by atoms with Crippen molar-refractivity contribution < 1.29 is 4.74 Å². The van der Waals surface area contributed by atoms with E-state index in [-0.39, 0.29) is 5.41 Å². The van der Waals surface area contributed by atoms with E-state index < -0.39 is 0 Å². The SMILES string of the molecule is CC1C=NC(OC(=C/C=C/N(N)CC(C)(C)C)/C(Br)=C/N)=CC1. The average molecular weight is 383 g/mol. The Hall–Kier alpha value is -1.53. The van der Waals surface area contributed by atoms with E-state index in [9.17, 15) is 0 Å². The highest BCUT2D eigenvalue weighted by atomic mass is 79.9. The lowest BCUT2D eigenvalue weighted by molar-refractivity contribution is 0.256. The van der Waals surface area contributed by atoms with Gasteiger partial charge < -0.3 is 15.5 Å². The Morgan fingerprint density at radius 1 is 1.52 bits per heavy atom. The summed E-state index contributed by atoms with van der Waals surface area (Å²) in [6, 6.07) is 0. The number of hydrogen-bond acceptors (Lipinski definition) is 5. The minimum Gasteiger partial charge on any atom is -0.438 e. The van der Waals surface area contributed by atoms with Crippen molar-refractivity contribution in [1.82, 2.24) is 5.01 Å². The first-order valence-electron chi connectivity index (χ1n) is 7.61. The molecule has 0 aromatic carbocycles. The van der Waals surface area contributed by atoms with Gasteiger partial charge in [0.1, 0.15) is 5.76 Å². The van der Waals surface area contributed by atoms with Crippen LogP contribution < -0.4 is 11.6 Å². The molecule has 0 spiro atoms. The third-order valence-corrected chi connectivity index (χ3v) is 3.55. The minimum absolute atomic E-state index is 0.123. The van der Waals surface area contributed by atoms with Gasteiger partial charge in [0, 0.05) is 25.2 Å². The molecule has 0 aliphatic carbocycles. The zero-order valence-electron chi connectivity index (χ0n) is 14.3. The Morgan fingerprint density at radius 2 is 2.22 bits per heavy atom. The number of nitrogens with zero attached hydrogens (tertiary/aromatic N) is 2. The molecule has 23 heavy (non-hydrogen) atoms. The molecule has 128 valence electrons. The van der Waals surface area contributed by atoms with Crippen molar-refractivity contribution in [2.24, 2.45) is 27.9 Å². The molecule has 1 aliphatic heterocycles. The Balaban J connectivity index is 2.76. The molecule has 0 aromatic heterocycles. The van der Waals surface area contributed by atoms with E-state index in [1.165, 1.54) is 6.20 Å². The third kappa shape index (κ3) is 8.04. The topological polar surface area (TPSA) is 76.9 Å². The summed E-state index contributed by atoms with van der Waals surface area (Å²) in [6.07, 6.45) is 11.6. The standard InChI is InChI=1S/C17H27BrN4O/c1-13-7-8-16(21-11-13)23-15(14(18)10-19)6-5-9-22(20)12-17(2,3)4/h5-6,8-11,13H,7,12,19-20H2,1-4H3/b9-5+,14-10-,15-6+. The molecule has 0 bridgehead atoms. The lowest BCUT2D eigenvalue weighted by Crippen LogP contribution is -2.33. The molecule has 1 unspecified atom stereocenters. The molecule has 0 saturated carbocycles. The summed E-state index contributed by atoms with van der Waals surface area (Å²) in [5.74, 6) is 7.53. The lowest BCUT2D eigenvalue weighted by Gasteiger charge is -2.24. The van der Waals surface area contributed by atoms with Gasteiger partial charge >= 0.3 is 0 Å². The zero-order chi connectivity index (χ0) is 17.5. The van der Waals surface area contributed by atoms with Gasteiger partial charge in [-0.1, -0.05) is 27.7 Å². The summed E-state index contributed by atoms with van der Waals surface area (Å²) in [5.41, 5.74) is 5.69. The van der Waals surface area contributed by atoms with Gasteiger partial charge in [-0.05, 0) is 51.9 Å². The van der Waals surface area contributed by atoms with Gasteiger partial charge in [-0.3, -0.25) is 0 Å². The smallest absolute Gasteiger partial charge is 0.214 e. The van der Waals surface area contributed by atoms with Crippen LogP contribution in [0.2, 0.25) is 0 Å². The molecule has 1 aliphatic rings. The van der Waals surface area contributed by atoms with E-state index in [0.29, 0.717) is 22.0 Å². The quantitative estimate of drug-likeness (QED) is 0.317. The molecule has 1 atom stereocenters. The van der Waals surface area contributed by atoms with Gasteiger partial charge in [-0.15, -0.1) is 0 Å². The summed E-state index contributed by atoms with van der Waals surface area (Å²) in [4.78, 5) is 4.28. The summed E-state index contributed by atoms with van der Waals surface area (Å²) >= 11 is 3.38. The molecule has 1 rings (SSSR count). The molecule has 0 saturated heterocycles. The molecule has 0 amide bonds. The Labute approximate surface area is 147 Å². The number of hydrazine groups is 1. The highest BCUT2D eigenvalue weighted by Crippen LogP contribution is 2.23. The van der Waals surface area contributed by atoms with E-state index in [2.05, 4.69) is 48.6 Å². The minimum atomic E-state index is 0.123. The van der Waals surface area contributed by atoms with E-state index in [0.717, 1.165) is 13.0 Å². The van der Waals surface area contributed by atoms with Crippen LogP contribution in [0.4, 0.5) is 0 Å². The van der Waals surface area contributed by atoms with Crippen molar-refractivity contribution in [3.8, 4) is 0 Å². The zero-order valence-corrected chi connectivity index (χ0v) is 15.9. The monoisotopic (exact) mass is 382 g/mol. The summed E-state index contributed by atoms with van der Waals surface area (Å²) in [5, 5.41) is 1.65. The van der Waals surface area contributed by atoms with Crippen molar-refractivity contribution >= 4 is 22.1 Å². The van der Waals surface area contributed by atoms with Crippen LogP contribution in [0.15, 0.2) is 51.7 Å². The van der Waals surface area contributed by atoms with Crippen LogP contribution in [-0.2, 0) is 4.74 Å². The van der Waals surface area contributed by atoms with Crippen LogP contribution in [0.25, 0.3) is 0 Å². The van der Waals surface area contributed by atoms with Crippen molar-refractivity contribution in [3.05, 3.63) is 46.8 Å². The first-order valence-corrected chi connectivity index (χ1v) is 8.40. The number of ether oxygens (including phenoxy) is 1. The number of hydrogen-bond donors (Lipinski definition) is 2. The largest absolute Gasteiger partial charge is 0.438 e. The maximum absolute atomic E-state index is 5.94. The van der Waals surface area contributed by atoms with Crippen LogP contribution in [0.3, 0.4) is 0 Å². The first-order chi connectivity index (χ1) is 10.7. The second-order valence-electron chi connectivity index (χ2n) is 6.76. The molecule has 1 heterocycles. The van der Waals surface area contributed by atoms with E-state index >= 15 is 0 Å². The van der Waals surface area contributed by atoms with Crippen LogP contribution in [0.5, 0.6) is 0 Å². The fourth-order valence-electron chi connectivity index (χ4n) is 1.87. The molecular formula is C17H27BrN4O. The van der Waals surface area contributed by atoms with Gasteiger partial charge in [0.05, 0.1) is 4.48 Å². The van der Waals surface area contributed by atoms with Crippen LogP contribution in [0.1, 0.15) is 34.1 Å². The highest BCUT2D eigenvalue weighted by molar-refractivity contribution is 9.11. The van der Waals surface area contributed by atoms with Gasteiger partial charge in [0.2, 0.25) is 5.88 Å². The van der Waals surface area contributed by atoms with Crippen LogP contribution >= 0.6 is 15.9 Å². The van der Waals surface area contributed by atoms with E-state index in [1.807, 2.05) is 18.4 Å². The van der Waals surface area contributed by atoms with Crippen molar-refractivity contribution in [2.45, 2.75) is 34.1 Å². The number of halogens is 1. The normalized spacial score (nSPS) is 19.9. The van der Waals surface area contributed by atoms with Crippen molar-refractivity contribution in [3.63, 3.8) is 0 Å². The first kappa shape index (κ1) is 19.5. The molecule has 5 nitrogen and oxygen atoms in total. The third-order valence-electron chi connectivity index (χ3n) is 2.90. The maximum atomic E-state index is 5.94. The fourth-order valence-corrected chi connectivity index (χ4v) is 2.08. The Morgan fingerprint density at radius 3 is 2.74 bits per heavy atom. The van der Waals surface area contributed by atoms with Gasteiger partial charge in [0.15, 0.2) is 0 Å². The number of allylic oxidation sites excluding steroid dienone is 4. The molecule has 0 radical (unpaired) electrons. The Bertz CT molecular complexity index is 541. The Kier molecular flexibility index (Phi) is 7.58. The number of nitrogens with two attached hydrogens (primary N) is 2. The molecule has 0 aromatic rings. The van der Waals surface area contributed by atoms with Gasteiger partial charge in [-0.25, -0.2) is 10.8 Å². The molecule has 0 fully saturated rings. The summed E-state index contributed by atoms with van der Waals surface area (Å²) in [7, 11) is 0. The van der Waals surface area contributed by atoms with E-state index in [4.69, 9.17) is 16.3 Å². The highest BCUT2D eigenvalue weighted by Gasteiger charge is 2.12. The van der Waals surface area contributed by atoms with Crippen molar-refractivity contribution in [1.29, 1.82) is 0 Å². The fraction of sp³-hybridized carbons (Fsp3) is 0.471. The number of aliphatic imine (C=N–C) groups is 1. The lowest BCUT2D eigenvalue weighted by atomic mass is 9.97. The second kappa shape index (κ2) is 8.93. The molecular weight excluding hydrogens is 356 g/mol. The average Bonchev–Trinajstić information content (AvgIpc) is 2.45. The van der Waals surface area contributed by atoms with Gasteiger partial charge in [0.25, 0.3) is 0 Å². The molecule has 6 heteroatoms. The predicted octanol–water partition coefficient (Wildman–Crippen LogP) is 3.77. The van der Waals surface area contributed by atoms with Crippen LogP contribution in [0, 0.1) is 11.3 Å². The number of rotatable bonds is 6. The summed E-state index contributed by atoms with van der Waals surface area (Å²) in [6.45, 7) is 9.25. The molecule has 4 N–H and O–H groups in total. The van der Waals surface area contributed by atoms with E-state index in [1.54, 1.807) is 17.3 Å². The maximum Gasteiger partial charge on any atom is 0.214 e. The van der Waals surface area contributed by atoms with Crippen LogP contribution in [-0.4, -0.2) is 17.8 Å². The van der Waals surface area contributed by atoms with Gasteiger partial charge in [-0.2, -0.15) is 0 Å². The second-order valence-corrected chi connectivity index (χ2v) is 7.61.